The number of hydrogen-bond donors (Lipinski definition) is 1. The predicted molar refractivity (Wildman–Crippen MR) is 174 cm³/mol. The number of nitrogens with zero attached hydrogens (tertiary/aromatic N) is 2. The summed E-state index contributed by atoms with van der Waals surface area (Å²) in [5.41, 5.74) is 1.81. The van der Waals surface area contributed by atoms with Gasteiger partial charge in [-0.3, -0.25) is 13.9 Å². The first-order valence-corrected chi connectivity index (χ1v) is 16.5. The minimum atomic E-state index is -4.21. The molecule has 0 spiro atoms. The molecule has 2 amide bonds. The molecule has 0 aromatic heterocycles. The number of anilines is 1. The first-order valence-electron chi connectivity index (χ1n) is 13.9. The molecule has 0 saturated carbocycles. The lowest BCUT2D eigenvalue weighted by molar-refractivity contribution is -0.140. The fourth-order valence-electron chi connectivity index (χ4n) is 4.64. The van der Waals surface area contributed by atoms with Crippen LogP contribution in [-0.4, -0.2) is 44.3 Å². The van der Waals surface area contributed by atoms with Crippen molar-refractivity contribution in [2.75, 3.05) is 17.4 Å². The molecule has 0 saturated heterocycles. The van der Waals surface area contributed by atoms with E-state index < -0.39 is 28.5 Å². The van der Waals surface area contributed by atoms with Crippen LogP contribution in [0.1, 0.15) is 24.5 Å². The Labute approximate surface area is 266 Å². The number of hydrogen-bond acceptors (Lipinski definition) is 4. The number of carbonyl (C=O) groups is 2. The van der Waals surface area contributed by atoms with Gasteiger partial charge >= 0.3 is 0 Å². The molecule has 43 heavy (non-hydrogen) atoms. The Morgan fingerprint density at radius 1 is 0.860 bits per heavy atom. The number of amides is 2. The van der Waals surface area contributed by atoms with Gasteiger partial charge in [-0.2, -0.15) is 0 Å². The van der Waals surface area contributed by atoms with Gasteiger partial charge in [-0.15, -0.1) is 0 Å². The Hall–Kier alpha value is -3.66. The zero-order valence-electron chi connectivity index (χ0n) is 23.7. The average molecular weight is 683 g/mol. The Morgan fingerprint density at radius 2 is 1.49 bits per heavy atom. The van der Waals surface area contributed by atoms with Gasteiger partial charge in [-0.05, 0) is 53.9 Å². The maximum absolute atomic E-state index is 14.4. The van der Waals surface area contributed by atoms with Crippen LogP contribution in [-0.2, 0) is 32.6 Å². The van der Waals surface area contributed by atoms with Gasteiger partial charge in [0.1, 0.15) is 12.6 Å². The van der Waals surface area contributed by atoms with Gasteiger partial charge in [0.05, 0.1) is 15.6 Å². The second kappa shape index (κ2) is 15.2. The fraction of sp³-hybridized carbons (Fsp3) is 0.212. The fourth-order valence-corrected chi connectivity index (χ4v) is 6.83. The van der Waals surface area contributed by atoms with E-state index in [1.54, 1.807) is 42.5 Å². The molecule has 0 aliphatic heterocycles. The summed E-state index contributed by atoms with van der Waals surface area (Å²) in [7, 11) is -4.21. The molecule has 0 heterocycles. The molecule has 10 heteroatoms. The van der Waals surface area contributed by atoms with Gasteiger partial charge in [-0.25, -0.2) is 8.42 Å². The summed E-state index contributed by atoms with van der Waals surface area (Å²) in [5.74, 6) is -0.865. The topological polar surface area (TPSA) is 86.8 Å². The highest BCUT2D eigenvalue weighted by Crippen LogP contribution is 2.31. The van der Waals surface area contributed by atoms with Crippen LogP contribution in [0.3, 0.4) is 0 Å². The van der Waals surface area contributed by atoms with Crippen molar-refractivity contribution in [1.82, 2.24) is 10.2 Å². The molecule has 4 aromatic rings. The van der Waals surface area contributed by atoms with E-state index in [1.807, 2.05) is 61.5 Å². The summed E-state index contributed by atoms with van der Waals surface area (Å²) in [6.45, 7) is 1.91. The molecule has 1 unspecified atom stereocenters. The Kier molecular flexibility index (Phi) is 11.4. The van der Waals surface area contributed by atoms with Gasteiger partial charge in [-0.1, -0.05) is 107 Å². The Morgan fingerprint density at radius 3 is 2.14 bits per heavy atom. The zero-order valence-corrected chi connectivity index (χ0v) is 26.9. The van der Waals surface area contributed by atoms with E-state index in [4.69, 9.17) is 11.6 Å². The van der Waals surface area contributed by atoms with Crippen molar-refractivity contribution < 1.29 is 18.0 Å². The first kappa shape index (κ1) is 32.3. The van der Waals surface area contributed by atoms with E-state index in [-0.39, 0.29) is 34.5 Å². The van der Waals surface area contributed by atoms with Crippen LogP contribution in [0.4, 0.5) is 5.69 Å². The Bertz CT molecular complexity index is 1640. The smallest absolute Gasteiger partial charge is 0.264 e. The van der Waals surface area contributed by atoms with Crippen molar-refractivity contribution in [2.45, 2.75) is 37.2 Å². The molecule has 4 aromatic carbocycles. The molecule has 4 rings (SSSR count). The molecule has 0 radical (unpaired) electrons. The van der Waals surface area contributed by atoms with Crippen molar-refractivity contribution in [1.29, 1.82) is 0 Å². The molecule has 0 aliphatic carbocycles. The summed E-state index contributed by atoms with van der Waals surface area (Å²) in [6.07, 6.45) is 0.965. The predicted octanol–water partition coefficient (Wildman–Crippen LogP) is 6.46. The highest BCUT2D eigenvalue weighted by atomic mass is 79.9. The normalized spacial score (nSPS) is 11.9. The lowest BCUT2D eigenvalue weighted by Crippen LogP contribution is -2.53. The van der Waals surface area contributed by atoms with Crippen LogP contribution in [0.25, 0.3) is 0 Å². The second-order valence-corrected chi connectivity index (χ2v) is 13.1. The molecule has 1 N–H and O–H groups in total. The molecular weight excluding hydrogens is 650 g/mol. The SMILES string of the molecule is CCCNC(=O)C(Cc1ccccc1)N(Cc1cccc(Br)c1)C(=O)CN(c1ccccc1Cl)S(=O)(=O)c1ccccc1. The van der Waals surface area contributed by atoms with Gasteiger partial charge < -0.3 is 10.2 Å². The summed E-state index contributed by atoms with van der Waals surface area (Å²) >= 11 is 9.99. The highest BCUT2D eigenvalue weighted by Gasteiger charge is 2.35. The quantitative estimate of drug-likeness (QED) is 0.175. The van der Waals surface area contributed by atoms with Crippen molar-refractivity contribution in [2.24, 2.45) is 0 Å². The number of rotatable bonds is 13. The van der Waals surface area contributed by atoms with E-state index >= 15 is 0 Å². The summed E-state index contributed by atoms with van der Waals surface area (Å²) in [5, 5.41) is 3.12. The lowest BCUT2D eigenvalue weighted by Gasteiger charge is -2.34. The van der Waals surface area contributed by atoms with Gasteiger partial charge in [0, 0.05) is 24.0 Å². The zero-order chi connectivity index (χ0) is 30.8. The van der Waals surface area contributed by atoms with E-state index in [2.05, 4.69) is 21.2 Å². The van der Waals surface area contributed by atoms with Crippen molar-refractivity contribution >= 4 is 55.1 Å². The van der Waals surface area contributed by atoms with Crippen molar-refractivity contribution in [3.63, 3.8) is 0 Å². The van der Waals surface area contributed by atoms with Crippen LogP contribution in [0.15, 0.2) is 119 Å². The maximum Gasteiger partial charge on any atom is 0.264 e. The van der Waals surface area contributed by atoms with Crippen LogP contribution < -0.4 is 9.62 Å². The van der Waals surface area contributed by atoms with Crippen LogP contribution >= 0.6 is 27.5 Å². The molecule has 0 fully saturated rings. The minimum Gasteiger partial charge on any atom is -0.354 e. The number of halogens is 2. The number of benzene rings is 4. The third-order valence-electron chi connectivity index (χ3n) is 6.79. The molecule has 0 aliphatic rings. The molecule has 1 atom stereocenters. The minimum absolute atomic E-state index is 0.0165. The largest absolute Gasteiger partial charge is 0.354 e. The van der Waals surface area contributed by atoms with E-state index in [0.29, 0.717) is 6.54 Å². The van der Waals surface area contributed by atoms with Crippen LogP contribution in [0, 0.1) is 0 Å². The first-order chi connectivity index (χ1) is 20.7. The third kappa shape index (κ3) is 8.46. The highest BCUT2D eigenvalue weighted by molar-refractivity contribution is 9.10. The average Bonchev–Trinajstić information content (AvgIpc) is 3.01. The van der Waals surface area contributed by atoms with Crippen LogP contribution in [0.2, 0.25) is 5.02 Å². The van der Waals surface area contributed by atoms with E-state index in [9.17, 15) is 18.0 Å². The van der Waals surface area contributed by atoms with Crippen molar-refractivity contribution in [3.05, 3.63) is 130 Å². The maximum atomic E-state index is 14.4. The summed E-state index contributed by atoms with van der Waals surface area (Å²) < 4.78 is 29.8. The Balaban J connectivity index is 1.80. The van der Waals surface area contributed by atoms with Crippen LogP contribution in [0.5, 0.6) is 0 Å². The second-order valence-electron chi connectivity index (χ2n) is 9.92. The molecule has 224 valence electrons. The molecule has 7 nitrogen and oxygen atoms in total. The molecular formula is C33H33BrClN3O4S. The number of para-hydroxylation sites is 1. The summed E-state index contributed by atoms with van der Waals surface area (Å²) in [6, 6.07) is 30.4. The van der Waals surface area contributed by atoms with E-state index in [1.165, 1.54) is 17.0 Å². The number of nitrogens with one attached hydrogen (secondary N) is 1. The van der Waals surface area contributed by atoms with E-state index in [0.717, 1.165) is 26.3 Å². The standard InChI is InChI=1S/C33H33BrClN3O4S/c1-2-20-36-33(40)31(22-25-12-5-3-6-13-25)37(23-26-14-11-15-27(34)21-26)32(39)24-38(30-19-10-9-18-29(30)35)43(41,42)28-16-7-4-8-17-28/h3-19,21,31H,2,20,22-24H2,1H3,(H,36,40). The third-order valence-corrected chi connectivity index (χ3v) is 9.38. The lowest BCUT2D eigenvalue weighted by atomic mass is 10.0. The van der Waals surface area contributed by atoms with Gasteiger partial charge in [0.15, 0.2) is 0 Å². The number of carbonyl (C=O) groups excluding carboxylic acids is 2. The van der Waals surface area contributed by atoms with Gasteiger partial charge in [0.2, 0.25) is 11.8 Å². The summed E-state index contributed by atoms with van der Waals surface area (Å²) in [4.78, 5) is 29.5. The van der Waals surface area contributed by atoms with Gasteiger partial charge in [0.25, 0.3) is 10.0 Å². The monoisotopic (exact) mass is 681 g/mol. The molecule has 0 bridgehead atoms. The number of sulfonamides is 1. The van der Waals surface area contributed by atoms with Crippen molar-refractivity contribution in [3.8, 4) is 0 Å².